The normalized spacial score (nSPS) is 10.4. The van der Waals surface area contributed by atoms with E-state index in [-0.39, 0.29) is 0 Å². The average molecular weight is 238 g/mol. The molecule has 0 amide bonds. The van der Waals surface area contributed by atoms with Crippen LogP contribution in [-0.2, 0) is 11.3 Å². The number of hydrogen-bond donors (Lipinski definition) is 1. The van der Waals surface area contributed by atoms with Crippen LogP contribution in [0, 0.1) is 6.92 Å². The highest BCUT2D eigenvalue weighted by molar-refractivity contribution is 5.66. The molecule has 0 aromatic heterocycles. The molecule has 5 heteroatoms. The first kappa shape index (κ1) is 13.3. The van der Waals surface area contributed by atoms with Gasteiger partial charge < -0.3 is 20.1 Å². The first-order chi connectivity index (χ1) is 7.93. The highest BCUT2D eigenvalue weighted by Gasteiger charge is 2.10. The van der Waals surface area contributed by atoms with E-state index in [1.165, 1.54) is 7.11 Å². The monoisotopic (exact) mass is 238 g/mol. The van der Waals surface area contributed by atoms with E-state index in [9.17, 15) is 4.79 Å². The third kappa shape index (κ3) is 3.64. The van der Waals surface area contributed by atoms with Gasteiger partial charge in [-0.25, -0.2) is 4.79 Å². The third-order valence-electron chi connectivity index (χ3n) is 2.28. The Morgan fingerprint density at radius 3 is 2.59 bits per heavy atom. The fraction of sp³-hybridized carbons (Fsp3) is 0.417. The van der Waals surface area contributed by atoms with E-state index in [2.05, 4.69) is 4.74 Å². The maximum absolute atomic E-state index is 11.0. The summed E-state index contributed by atoms with van der Waals surface area (Å²) in [7, 11) is 5.20. The van der Waals surface area contributed by atoms with Crippen LogP contribution in [0.25, 0.3) is 0 Å². The molecule has 17 heavy (non-hydrogen) atoms. The summed E-state index contributed by atoms with van der Waals surface area (Å²) in [5.41, 5.74) is 8.35. The summed E-state index contributed by atoms with van der Waals surface area (Å²) in [6, 6.07) is 3.55. The molecule has 0 fully saturated rings. The van der Waals surface area contributed by atoms with Crippen molar-refractivity contribution in [2.24, 2.45) is 0 Å². The summed E-state index contributed by atoms with van der Waals surface area (Å²) in [5.74, 6) is 0.428. The molecular formula is C12H18N2O3. The zero-order chi connectivity index (χ0) is 13.0. The molecule has 2 N–H and O–H groups in total. The minimum absolute atomic E-state index is 0.428. The highest BCUT2D eigenvalue weighted by atomic mass is 16.7. The SMILES string of the molecule is COC(=O)Oc1cc(N)c(CN(C)C)cc1C. The Balaban J connectivity index is 2.96. The number of ether oxygens (including phenoxy) is 2. The van der Waals surface area contributed by atoms with Crippen molar-refractivity contribution in [1.82, 2.24) is 4.90 Å². The summed E-state index contributed by atoms with van der Waals surface area (Å²) in [6.45, 7) is 2.60. The van der Waals surface area contributed by atoms with Crippen LogP contribution < -0.4 is 10.5 Å². The van der Waals surface area contributed by atoms with Crippen molar-refractivity contribution < 1.29 is 14.3 Å². The molecule has 0 aliphatic heterocycles. The van der Waals surface area contributed by atoms with Crippen molar-refractivity contribution in [2.75, 3.05) is 26.9 Å². The number of hydrogen-bond acceptors (Lipinski definition) is 5. The molecule has 0 heterocycles. The molecule has 0 bridgehead atoms. The van der Waals surface area contributed by atoms with Crippen LogP contribution in [0.3, 0.4) is 0 Å². The molecule has 0 radical (unpaired) electrons. The Morgan fingerprint density at radius 2 is 2.06 bits per heavy atom. The minimum atomic E-state index is -0.743. The van der Waals surface area contributed by atoms with Gasteiger partial charge in [-0.1, -0.05) is 0 Å². The number of benzene rings is 1. The molecule has 0 atom stereocenters. The van der Waals surface area contributed by atoms with Gasteiger partial charge in [0.25, 0.3) is 0 Å². The molecule has 1 aromatic carbocycles. The molecule has 5 nitrogen and oxygen atoms in total. The highest BCUT2D eigenvalue weighted by Crippen LogP contribution is 2.26. The molecule has 0 unspecified atom stereocenters. The minimum Gasteiger partial charge on any atom is -0.437 e. The van der Waals surface area contributed by atoms with Gasteiger partial charge in [-0.3, -0.25) is 0 Å². The van der Waals surface area contributed by atoms with E-state index in [1.54, 1.807) is 6.07 Å². The lowest BCUT2D eigenvalue weighted by molar-refractivity contribution is 0.121. The van der Waals surface area contributed by atoms with Gasteiger partial charge in [0.2, 0.25) is 0 Å². The number of nitrogens with two attached hydrogens (primary N) is 1. The van der Waals surface area contributed by atoms with E-state index < -0.39 is 6.16 Å². The van der Waals surface area contributed by atoms with Crippen LogP contribution >= 0.6 is 0 Å². The zero-order valence-electron chi connectivity index (χ0n) is 10.6. The first-order valence-electron chi connectivity index (χ1n) is 5.23. The summed E-state index contributed by atoms with van der Waals surface area (Å²) in [6.07, 6.45) is -0.743. The van der Waals surface area contributed by atoms with Crippen molar-refractivity contribution in [3.63, 3.8) is 0 Å². The Kier molecular flexibility index (Phi) is 4.34. The van der Waals surface area contributed by atoms with Crippen molar-refractivity contribution >= 4 is 11.8 Å². The van der Waals surface area contributed by atoms with E-state index in [0.717, 1.165) is 17.7 Å². The second-order valence-corrected chi connectivity index (χ2v) is 4.11. The molecule has 1 rings (SSSR count). The number of nitrogens with zero attached hydrogens (tertiary/aromatic N) is 1. The van der Waals surface area contributed by atoms with Crippen molar-refractivity contribution in [1.29, 1.82) is 0 Å². The Bertz CT molecular complexity index is 416. The predicted octanol–water partition coefficient (Wildman–Crippen LogP) is 1.78. The standard InChI is InChI=1S/C12H18N2O3/c1-8-5-9(7-14(2)3)10(13)6-11(8)17-12(15)16-4/h5-6H,7,13H2,1-4H3. The van der Waals surface area contributed by atoms with Crippen molar-refractivity contribution in [3.8, 4) is 5.75 Å². The molecule has 0 aliphatic rings. The van der Waals surface area contributed by atoms with Crippen LogP contribution in [0.5, 0.6) is 5.75 Å². The number of methoxy groups -OCH3 is 1. The summed E-state index contributed by atoms with van der Waals surface area (Å²) >= 11 is 0. The lowest BCUT2D eigenvalue weighted by Gasteiger charge is -2.14. The van der Waals surface area contributed by atoms with Gasteiger partial charge in [-0.2, -0.15) is 0 Å². The summed E-state index contributed by atoms with van der Waals surface area (Å²) in [5, 5.41) is 0. The maximum atomic E-state index is 11.0. The Labute approximate surface area is 101 Å². The third-order valence-corrected chi connectivity index (χ3v) is 2.28. The summed E-state index contributed by atoms with van der Waals surface area (Å²) in [4.78, 5) is 13.0. The van der Waals surface area contributed by atoms with Gasteiger partial charge in [0.15, 0.2) is 0 Å². The van der Waals surface area contributed by atoms with Gasteiger partial charge in [0.1, 0.15) is 5.75 Å². The fourth-order valence-corrected chi connectivity index (χ4v) is 1.48. The average Bonchev–Trinajstić information content (AvgIpc) is 2.24. The van der Waals surface area contributed by atoms with Crippen molar-refractivity contribution in [2.45, 2.75) is 13.5 Å². The molecule has 0 saturated heterocycles. The molecule has 94 valence electrons. The lowest BCUT2D eigenvalue weighted by Crippen LogP contribution is -2.13. The number of carbonyl (C=O) groups is 1. The van der Waals surface area contributed by atoms with Crippen LogP contribution in [0.2, 0.25) is 0 Å². The second-order valence-electron chi connectivity index (χ2n) is 4.11. The van der Waals surface area contributed by atoms with Crippen LogP contribution in [0.15, 0.2) is 12.1 Å². The van der Waals surface area contributed by atoms with Crippen LogP contribution in [0.1, 0.15) is 11.1 Å². The van der Waals surface area contributed by atoms with Crippen molar-refractivity contribution in [3.05, 3.63) is 23.3 Å². The van der Waals surface area contributed by atoms with Gasteiger partial charge in [-0.15, -0.1) is 0 Å². The fourth-order valence-electron chi connectivity index (χ4n) is 1.48. The van der Waals surface area contributed by atoms with Gasteiger partial charge >= 0.3 is 6.16 Å². The second kappa shape index (κ2) is 5.54. The number of carbonyl (C=O) groups excluding carboxylic acids is 1. The molecular weight excluding hydrogens is 220 g/mol. The number of rotatable bonds is 3. The van der Waals surface area contributed by atoms with E-state index in [0.29, 0.717) is 11.4 Å². The smallest absolute Gasteiger partial charge is 0.437 e. The van der Waals surface area contributed by atoms with E-state index in [4.69, 9.17) is 10.5 Å². The van der Waals surface area contributed by atoms with E-state index in [1.807, 2.05) is 32.0 Å². The number of aryl methyl sites for hydroxylation is 1. The Morgan fingerprint density at radius 1 is 1.41 bits per heavy atom. The largest absolute Gasteiger partial charge is 0.513 e. The zero-order valence-corrected chi connectivity index (χ0v) is 10.6. The quantitative estimate of drug-likeness (QED) is 0.494. The Hall–Kier alpha value is -1.75. The van der Waals surface area contributed by atoms with Gasteiger partial charge in [0.05, 0.1) is 7.11 Å². The van der Waals surface area contributed by atoms with Crippen LogP contribution in [0.4, 0.5) is 10.5 Å². The number of anilines is 1. The molecule has 0 saturated carbocycles. The predicted molar refractivity (Wildman–Crippen MR) is 66.0 cm³/mol. The topological polar surface area (TPSA) is 64.8 Å². The van der Waals surface area contributed by atoms with Crippen LogP contribution in [-0.4, -0.2) is 32.3 Å². The van der Waals surface area contributed by atoms with Gasteiger partial charge in [0, 0.05) is 18.3 Å². The first-order valence-corrected chi connectivity index (χ1v) is 5.23. The molecule has 1 aromatic rings. The summed E-state index contributed by atoms with van der Waals surface area (Å²) < 4.78 is 9.41. The van der Waals surface area contributed by atoms with E-state index >= 15 is 0 Å². The lowest BCUT2D eigenvalue weighted by atomic mass is 10.1. The molecule has 0 spiro atoms. The van der Waals surface area contributed by atoms with Gasteiger partial charge in [-0.05, 0) is 38.2 Å². The maximum Gasteiger partial charge on any atom is 0.513 e. The number of nitrogen functional groups attached to an aromatic ring is 1. The molecule has 0 aliphatic carbocycles.